The Morgan fingerprint density at radius 2 is 1.88 bits per heavy atom. The average Bonchev–Trinajstić information content (AvgIpc) is 3.26. The highest BCUT2D eigenvalue weighted by Gasteiger charge is 2.19. The summed E-state index contributed by atoms with van der Waals surface area (Å²) < 4.78 is 11.5. The topological polar surface area (TPSA) is 68.7 Å². The molecule has 132 valence electrons. The summed E-state index contributed by atoms with van der Waals surface area (Å²) in [7, 11) is 0. The molecule has 0 aliphatic carbocycles. The van der Waals surface area contributed by atoms with Gasteiger partial charge < -0.3 is 14.6 Å². The number of carboxylic acids is 1. The summed E-state index contributed by atoms with van der Waals surface area (Å²) in [6.07, 6.45) is 0. The Hall–Kier alpha value is -2.22. The average molecular weight is 406 g/mol. The van der Waals surface area contributed by atoms with Gasteiger partial charge in [-0.2, -0.15) is 0 Å². The first-order chi connectivity index (χ1) is 12.6. The normalized spacial score (nSPS) is 12.3. The minimum absolute atomic E-state index is 0.0336. The fourth-order valence-electron chi connectivity index (χ4n) is 2.52. The van der Waals surface area contributed by atoms with Gasteiger partial charge in [0.25, 0.3) is 0 Å². The minimum atomic E-state index is -0.872. The Morgan fingerprint density at radius 3 is 2.65 bits per heavy atom. The van der Waals surface area contributed by atoms with Gasteiger partial charge in [-0.3, -0.25) is 4.79 Å². The lowest BCUT2D eigenvalue weighted by Gasteiger charge is -2.04. The number of ether oxygens (including phenoxy) is 2. The molecule has 0 spiro atoms. The van der Waals surface area contributed by atoms with Crippen LogP contribution < -0.4 is 9.47 Å². The fourth-order valence-corrected chi connectivity index (χ4v) is 4.53. The molecule has 2 heterocycles. The van der Waals surface area contributed by atoms with Gasteiger partial charge in [-0.15, -0.1) is 11.3 Å². The first-order valence-electron chi connectivity index (χ1n) is 7.61. The van der Waals surface area contributed by atoms with Crippen LogP contribution in [0.15, 0.2) is 46.8 Å². The zero-order chi connectivity index (χ0) is 18.1. The lowest BCUT2D eigenvalue weighted by atomic mass is 10.1. The first-order valence-corrected chi connectivity index (χ1v) is 9.79. The Labute approximate surface area is 162 Å². The van der Waals surface area contributed by atoms with E-state index in [0.29, 0.717) is 20.9 Å². The molecule has 0 amide bonds. The number of thioether (sulfide) groups is 1. The second-order valence-corrected chi connectivity index (χ2v) is 8.07. The van der Waals surface area contributed by atoms with Gasteiger partial charge in [-0.25, -0.2) is 4.98 Å². The summed E-state index contributed by atoms with van der Waals surface area (Å²) in [4.78, 5) is 16.5. The van der Waals surface area contributed by atoms with Crippen LogP contribution >= 0.6 is 34.7 Å². The molecule has 0 radical (unpaired) electrons. The maximum atomic E-state index is 10.9. The molecular weight excluding hydrogens is 394 g/mol. The monoisotopic (exact) mass is 405 g/mol. The van der Waals surface area contributed by atoms with Crippen molar-refractivity contribution >= 4 is 40.7 Å². The Balaban J connectivity index is 1.78. The SMILES string of the molecule is O=C(O)CSc1nc(-c2ccc(Cl)cc2)c(-c2ccc3c(c2)OCO3)s1. The molecule has 1 aliphatic rings. The number of hydrogen-bond acceptors (Lipinski definition) is 6. The van der Waals surface area contributed by atoms with E-state index in [9.17, 15) is 4.79 Å². The van der Waals surface area contributed by atoms with Gasteiger partial charge in [0.15, 0.2) is 15.8 Å². The van der Waals surface area contributed by atoms with Crippen molar-refractivity contribution in [3.05, 3.63) is 47.5 Å². The van der Waals surface area contributed by atoms with Crippen LogP contribution in [0.1, 0.15) is 0 Å². The highest BCUT2D eigenvalue weighted by Crippen LogP contribution is 2.43. The summed E-state index contributed by atoms with van der Waals surface area (Å²) in [5, 5.41) is 9.58. The number of halogens is 1. The first kappa shape index (κ1) is 17.2. The molecule has 0 unspecified atom stereocenters. The number of thiazole rings is 1. The van der Waals surface area contributed by atoms with E-state index in [-0.39, 0.29) is 12.5 Å². The molecule has 3 aromatic rings. The smallest absolute Gasteiger partial charge is 0.313 e. The van der Waals surface area contributed by atoms with E-state index in [1.54, 1.807) is 0 Å². The van der Waals surface area contributed by atoms with Gasteiger partial charge in [0, 0.05) is 10.6 Å². The predicted octanol–water partition coefficient (Wildman–Crippen LogP) is 5.04. The number of benzene rings is 2. The fraction of sp³-hybridized carbons (Fsp3) is 0.111. The van der Waals surface area contributed by atoms with Crippen LogP contribution in [0.2, 0.25) is 5.02 Å². The van der Waals surface area contributed by atoms with Crippen molar-refractivity contribution in [3.63, 3.8) is 0 Å². The Kier molecular flexibility index (Phi) is 4.76. The highest BCUT2D eigenvalue weighted by atomic mass is 35.5. The van der Waals surface area contributed by atoms with E-state index < -0.39 is 5.97 Å². The van der Waals surface area contributed by atoms with Crippen LogP contribution in [-0.4, -0.2) is 28.6 Å². The zero-order valence-corrected chi connectivity index (χ0v) is 15.7. The van der Waals surface area contributed by atoms with E-state index in [1.165, 1.54) is 23.1 Å². The molecule has 0 atom stereocenters. The molecule has 0 fully saturated rings. The highest BCUT2D eigenvalue weighted by molar-refractivity contribution is 8.01. The third-order valence-electron chi connectivity index (χ3n) is 3.68. The third-order valence-corrected chi connectivity index (χ3v) is 6.16. The Morgan fingerprint density at radius 1 is 1.15 bits per heavy atom. The number of aliphatic carboxylic acids is 1. The number of carbonyl (C=O) groups is 1. The molecule has 0 saturated carbocycles. The second-order valence-electron chi connectivity index (χ2n) is 5.41. The molecule has 26 heavy (non-hydrogen) atoms. The van der Waals surface area contributed by atoms with E-state index in [2.05, 4.69) is 4.98 Å². The summed E-state index contributed by atoms with van der Waals surface area (Å²) >= 11 is 8.66. The molecule has 0 saturated heterocycles. The van der Waals surface area contributed by atoms with Crippen molar-refractivity contribution in [2.45, 2.75) is 4.34 Å². The maximum absolute atomic E-state index is 10.9. The van der Waals surface area contributed by atoms with Crippen molar-refractivity contribution in [2.75, 3.05) is 12.5 Å². The number of rotatable bonds is 5. The van der Waals surface area contributed by atoms with Crippen molar-refractivity contribution in [2.24, 2.45) is 0 Å². The van der Waals surface area contributed by atoms with Gasteiger partial charge >= 0.3 is 5.97 Å². The quantitative estimate of drug-likeness (QED) is 0.600. The number of fused-ring (bicyclic) bond motifs is 1. The lowest BCUT2D eigenvalue weighted by molar-refractivity contribution is -0.133. The summed E-state index contributed by atoms with van der Waals surface area (Å²) in [6.45, 7) is 0.214. The molecule has 1 aliphatic heterocycles. The van der Waals surface area contributed by atoms with Crippen LogP contribution in [0.5, 0.6) is 11.5 Å². The second kappa shape index (κ2) is 7.19. The van der Waals surface area contributed by atoms with E-state index in [1.807, 2.05) is 42.5 Å². The number of aromatic nitrogens is 1. The van der Waals surface area contributed by atoms with Gasteiger partial charge in [-0.1, -0.05) is 35.5 Å². The van der Waals surface area contributed by atoms with E-state index in [4.69, 9.17) is 26.2 Å². The predicted molar refractivity (Wildman–Crippen MR) is 102 cm³/mol. The standard InChI is InChI=1S/C18H12ClNO4S2/c19-12-4-1-10(2-5-12)16-17(26-18(20-16)25-8-15(21)22)11-3-6-13-14(7-11)24-9-23-13/h1-7H,8-9H2,(H,21,22). The van der Waals surface area contributed by atoms with Gasteiger partial charge in [0.2, 0.25) is 6.79 Å². The molecule has 4 rings (SSSR count). The van der Waals surface area contributed by atoms with E-state index >= 15 is 0 Å². The van der Waals surface area contributed by atoms with Gasteiger partial charge in [-0.05, 0) is 35.9 Å². The molecule has 5 nitrogen and oxygen atoms in total. The van der Waals surface area contributed by atoms with Crippen molar-refractivity contribution in [1.82, 2.24) is 4.98 Å². The molecule has 0 bridgehead atoms. The summed E-state index contributed by atoms with van der Waals surface area (Å²) in [6, 6.07) is 13.2. The molecule has 1 aromatic heterocycles. The number of nitrogens with zero attached hydrogens (tertiary/aromatic N) is 1. The number of hydrogen-bond donors (Lipinski definition) is 1. The van der Waals surface area contributed by atoms with Crippen molar-refractivity contribution < 1.29 is 19.4 Å². The molecule has 8 heteroatoms. The minimum Gasteiger partial charge on any atom is -0.481 e. The molecular formula is C18H12ClNO4S2. The lowest BCUT2D eigenvalue weighted by Crippen LogP contribution is -1.96. The van der Waals surface area contributed by atoms with Crippen LogP contribution in [0, 0.1) is 0 Å². The summed E-state index contributed by atoms with van der Waals surface area (Å²) in [5.74, 6) is 0.501. The van der Waals surface area contributed by atoms with Crippen LogP contribution in [0.25, 0.3) is 21.7 Å². The molecule has 2 aromatic carbocycles. The zero-order valence-electron chi connectivity index (χ0n) is 13.3. The summed E-state index contributed by atoms with van der Waals surface area (Å²) in [5.41, 5.74) is 2.65. The largest absolute Gasteiger partial charge is 0.481 e. The van der Waals surface area contributed by atoms with Crippen LogP contribution in [0.3, 0.4) is 0 Å². The molecule has 1 N–H and O–H groups in total. The van der Waals surface area contributed by atoms with Crippen molar-refractivity contribution in [3.8, 4) is 33.2 Å². The Bertz CT molecular complexity index is 972. The van der Waals surface area contributed by atoms with Gasteiger partial charge in [0.05, 0.1) is 16.3 Å². The number of carboxylic acid groups (broad SMARTS) is 1. The van der Waals surface area contributed by atoms with Crippen LogP contribution in [-0.2, 0) is 4.79 Å². The van der Waals surface area contributed by atoms with E-state index in [0.717, 1.165) is 21.7 Å². The van der Waals surface area contributed by atoms with Crippen molar-refractivity contribution in [1.29, 1.82) is 0 Å². The van der Waals surface area contributed by atoms with Crippen LogP contribution in [0.4, 0.5) is 0 Å². The van der Waals surface area contributed by atoms with Gasteiger partial charge in [0.1, 0.15) is 0 Å². The third kappa shape index (κ3) is 3.51. The maximum Gasteiger partial charge on any atom is 0.313 e.